The molecule has 45 heavy (non-hydrogen) atoms. The fraction of sp³-hybridized carbons (Fsp3) is 0.441. The van der Waals surface area contributed by atoms with Gasteiger partial charge in [0, 0.05) is 24.2 Å². The Bertz CT molecular complexity index is 1580. The van der Waals surface area contributed by atoms with E-state index in [4.69, 9.17) is 15.6 Å². The van der Waals surface area contributed by atoms with Crippen molar-refractivity contribution in [1.29, 1.82) is 10.8 Å². The molecule has 1 aliphatic heterocycles. The first-order chi connectivity index (χ1) is 21.6. The molecule has 1 aromatic heterocycles. The van der Waals surface area contributed by atoms with E-state index in [9.17, 15) is 9.90 Å². The number of fused-ring (bicyclic) bond motifs is 1. The number of carbonyl (C=O) groups excluding carboxylic acids is 1. The number of pyridine rings is 1. The van der Waals surface area contributed by atoms with Crippen LogP contribution in [0.5, 0.6) is 5.75 Å². The molecule has 11 heteroatoms. The first-order valence-corrected chi connectivity index (χ1v) is 16.8. The van der Waals surface area contributed by atoms with Crippen LogP contribution >= 0.6 is 11.9 Å². The van der Waals surface area contributed by atoms with Crippen molar-refractivity contribution in [3.63, 3.8) is 0 Å². The number of ether oxygens (including phenoxy) is 1. The lowest BCUT2D eigenvalue weighted by Crippen LogP contribution is -2.43. The highest BCUT2D eigenvalue weighted by atomic mass is 32.2. The maximum Gasteiger partial charge on any atom is 0.319 e. The molecule has 240 valence electrons. The fourth-order valence-electron chi connectivity index (χ4n) is 6.26. The van der Waals surface area contributed by atoms with Gasteiger partial charge in [0.25, 0.3) is 0 Å². The molecule has 0 bridgehead atoms. The molecule has 5 rings (SSSR count). The fourth-order valence-corrected chi connectivity index (χ4v) is 6.62. The molecule has 0 radical (unpaired) electrons. The van der Waals surface area contributed by atoms with Gasteiger partial charge >= 0.3 is 6.03 Å². The van der Waals surface area contributed by atoms with Crippen molar-refractivity contribution in [3.8, 4) is 5.75 Å². The molecule has 2 aliphatic rings. The molecular formula is C34H45N7O3S. The number of β-amino-alcohol motifs (C(OH)–C–C–N with tert-alkyl or cyclic N) is 1. The van der Waals surface area contributed by atoms with Crippen molar-refractivity contribution in [3.05, 3.63) is 83.0 Å². The number of aliphatic hydroxyl groups excluding tert-OH is 1. The van der Waals surface area contributed by atoms with E-state index in [-0.39, 0.29) is 41.7 Å². The number of hydrogen-bond donors (Lipinski definition) is 6. The third-order valence-corrected chi connectivity index (χ3v) is 8.98. The molecule has 10 nitrogen and oxygen atoms in total. The molecule has 0 saturated carbocycles. The molecule has 1 fully saturated rings. The number of rotatable bonds is 9. The van der Waals surface area contributed by atoms with Gasteiger partial charge in [-0.2, -0.15) is 0 Å². The Balaban J connectivity index is 1.30. The Labute approximate surface area is 269 Å². The van der Waals surface area contributed by atoms with E-state index in [1.165, 1.54) is 11.9 Å². The molecule has 3 aromatic rings. The minimum absolute atomic E-state index is 0.0466. The first kappa shape index (κ1) is 32.6. The summed E-state index contributed by atoms with van der Waals surface area (Å²) in [7, 11) is 0. The molecule has 3 atom stereocenters. The van der Waals surface area contributed by atoms with Crippen LogP contribution in [-0.4, -0.2) is 58.4 Å². The summed E-state index contributed by atoms with van der Waals surface area (Å²) < 4.78 is 11.4. The number of nitrogens with zero attached hydrogens (tertiary/aromatic N) is 2. The van der Waals surface area contributed by atoms with Crippen LogP contribution in [0.15, 0.2) is 60.8 Å². The second-order valence-corrected chi connectivity index (χ2v) is 13.4. The smallest absolute Gasteiger partial charge is 0.319 e. The van der Waals surface area contributed by atoms with Crippen LogP contribution in [-0.2, 0) is 5.41 Å². The van der Waals surface area contributed by atoms with Crippen LogP contribution in [0.4, 0.5) is 16.2 Å². The zero-order chi connectivity index (χ0) is 32.1. The number of nitrogens with one attached hydrogen (secondary N) is 5. The third-order valence-electron chi connectivity index (χ3n) is 8.54. The third kappa shape index (κ3) is 7.71. The van der Waals surface area contributed by atoms with E-state index in [1.54, 1.807) is 22.9 Å². The van der Waals surface area contributed by atoms with Crippen LogP contribution in [0.1, 0.15) is 75.3 Å². The topological polar surface area (TPSA) is 138 Å². The van der Waals surface area contributed by atoms with Gasteiger partial charge in [0.1, 0.15) is 23.2 Å². The van der Waals surface area contributed by atoms with Gasteiger partial charge in [0.05, 0.1) is 24.9 Å². The predicted molar refractivity (Wildman–Crippen MR) is 181 cm³/mol. The molecule has 2 unspecified atom stereocenters. The zero-order valence-electron chi connectivity index (χ0n) is 26.5. The standard InChI is InChI=1S/C34H45N7O3S/c1-34(2,3)22-18-23(20-24(19-22)39-45-4)37-33(43)38-28-12-13-30(27-9-6-5-8-26(27)28)44-25-11-14-31(35)41(21-25)32(36)29-10-7-15-40(29)16-17-42/h5-6,8-9,11,14,18-21,28-30,35-36,39,42H,7,10,12-13,15-17H2,1-4H3,(H2,37,38,43)/t28?,29-,30?/m0/s1. The van der Waals surface area contributed by atoms with Gasteiger partial charge in [-0.05, 0) is 84.7 Å². The molecular weight excluding hydrogens is 586 g/mol. The first-order valence-electron chi connectivity index (χ1n) is 15.6. The molecule has 2 amide bonds. The number of benzene rings is 2. The second kappa shape index (κ2) is 14.1. The summed E-state index contributed by atoms with van der Waals surface area (Å²) in [5.41, 5.74) is 4.96. The van der Waals surface area contributed by atoms with Crippen molar-refractivity contribution in [2.75, 3.05) is 36.0 Å². The lowest BCUT2D eigenvalue weighted by Gasteiger charge is -2.32. The maximum absolute atomic E-state index is 13.3. The number of likely N-dealkylation sites (tertiary alicyclic amines) is 1. The summed E-state index contributed by atoms with van der Waals surface area (Å²) in [5, 5.41) is 33.0. The van der Waals surface area contributed by atoms with Crippen molar-refractivity contribution in [1.82, 2.24) is 14.8 Å². The van der Waals surface area contributed by atoms with Gasteiger partial charge < -0.3 is 25.2 Å². The lowest BCUT2D eigenvalue weighted by molar-refractivity contribution is 0.171. The number of amides is 2. The number of anilines is 2. The quantitative estimate of drug-likeness (QED) is 0.0971. The maximum atomic E-state index is 13.3. The highest BCUT2D eigenvalue weighted by Gasteiger charge is 2.31. The average Bonchev–Trinajstić information content (AvgIpc) is 3.47. The number of aliphatic hydroxyl groups is 1. The molecule has 2 aromatic carbocycles. The second-order valence-electron chi connectivity index (χ2n) is 12.7. The van der Waals surface area contributed by atoms with Crippen LogP contribution in [0.25, 0.3) is 0 Å². The van der Waals surface area contributed by atoms with Crippen molar-refractivity contribution >= 4 is 35.2 Å². The summed E-state index contributed by atoms with van der Waals surface area (Å²) in [6.45, 7) is 7.86. The normalized spacial score (nSPS) is 19.9. The molecule has 1 saturated heterocycles. The van der Waals surface area contributed by atoms with Gasteiger partial charge in [-0.15, -0.1) is 0 Å². The highest BCUT2D eigenvalue weighted by Crippen LogP contribution is 2.39. The van der Waals surface area contributed by atoms with Gasteiger partial charge in [-0.1, -0.05) is 57.0 Å². The Hall–Kier alpha value is -3.80. The highest BCUT2D eigenvalue weighted by molar-refractivity contribution is 7.99. The van der Waals surface area contributed by atoms with Crippen LogP contribution in [0, 0.1) is 10.8 Å². The monoisotopic (exact) mass is 631 g/mol. The molecule has 2 heterocycles. The van der Waals surface area contributed by atoms with Crippen molar-refractivity contribution < 1.29 is 14.6 Å². The SMILES string of the molecule is CSNc1cc(NC(=O)NC2CCC(Oc3ccc(=N)n(C(=N)[C@@H]4CCCN4CCO)c3)c3ccccc32)cc(C(C)(C)C)c1. The van der Waals surface area contributed by atoms with Gasteiger partial charge in [-0.3, -0.25) is 20.3 Å². The minimum Gasteiger partial charge on any atom is -0.484 e. The van der Waals surface area contributed by atoms with E-state index in [2.05, 4.69) is 47.1 Å². The predicted octanol–water partition coefficient (Wildman–Crippen LogP) is 6.01. The van der Waals surface area contributed by atoms with E-state index >= 15 is 0 Å². The zero-order valence-corrected chi connectivity index (χ0v) is 27.3. The minimum atomic E-state index is -0.261. The number of hydrogen-bond acceptors (Lipinski definition) is 8. The van der Waals surface area contributed by atoms with E-state index in [0.717, 1.165) is 47.5 Å². The number of aromatic nitrogens is 1. The summed E-state index contributed by atoms with van der Waals surface area (Å²) >= 11 is 1.51. The summed E-state index contributed by atoms with van der Waals surface area (Å²) in [6, 6.07) is 17.0. The molecule has 6 N–H and O–H groups in total. The van der Waals surface area contributed by atoms with Crippen molar-refractivity contribution in [2.45, 2.75) is 70.1 Å². The summed E-state index contributed by atoms with van der Waals surface area (Å²) in [5.74, 6) is 0.903. The summed E-state index contributed by atoms with van der Waals surface area (Å²) in [4.78, 5) is 15.4. The van der Waals surface area contributed by atoms with Crippen LogP contribution < -0.4 is 25.6 Å². The Morgan fingerprint density at radius 1 is 1.07 bits per heavy atom. The van der Waals surface area contributed by atoms with Crippen LogP contribution in [0.2, 0.25) is 0 Å². The van der Waals surface area contributed by atoms with E-state index in [0.29, 0.717) is 31.0 Å². The van der Waals surface area contributed by atoms with Gasteiger partial charge in [-0.25, -0.2) is 4.79 Å². The average molecular weight is 632 g/mol. The lowest BCUT2D eigenvalue weighted by atomic mass is 9.85. The Morgan fingerprint density at radius 3 is 2.56 bits per heavy atom. The molecule has 0 spiro atoms. The van der Waals surface area contributed by atoms with Crippen molar-refractivity contribution in [2.24, 2.45) is 0 Å². The van der Waals surface area contributed by atoms with E-state index in [1.807, 2.05) is 42.7 Å². The van der Waals surface area contributed by atoms with Gasteiger partial charge in [0.2, 0.25) is 0 Å². The molecule has 1 aliphatic carbocycles. The summed E-state index contributed by atoms with van der Waals surface area (Å²) in [6.07, 6.45) is 6.64. The Kier molecular flexibility index (Phi) is 10.2. The number of urea groups is 1. The Morgan fingerprint density at radius 2 is 1.82 bits per heavy atom. The van der Waals surface area contributed by atoms with Gasteiger partial charge in [0.15, 0.2) is 0 Å². The number of carbonyl (C=O) groups is 1. The van der Waals surface area contributed by atoms with E-state index < -0.39 is 0 Å². The largest absolute Gasteiger partial charge is 0.484 e. The van der Waals surface area contributed by atoms with Crippen LogP contribution in [0.3, 0.4) is 0 Å².